The number of carbonyl (C=O) groups is 1. The summed E-state index contributed by atoms with van der Waals surface area (Å²) in [6.07, 6.45) is 1.29. The molecule has 2 heteroatoms. The van der Waals surface area contributed by atoms with E-state index in [0.717, 1.165) is 6.42 Å². The fourth-order valence-corrected chi connectivity index (χ4v) is 2.15. The van der Waals surface area contributed by atoms with Gasteiger partial charge in [-0.25, -0.2) is 0 Å². The minimum atomic E-state index is -0.689. The van der Waals surface area contributed by atoms with Crippen LogP contribution in [0.25, 0.3) is 0 Å². The van der Waals surface area contributed by atoms with Gasteiger partial charge in [0.25, 0.3) is 0 Å². The lowest BCUT2D eigenvalue weighted by atomic mass is 9.98. The molecule has 1 fully saturated rings. The minimum absolute atomic E-state index is 0.00676. The quantitative estimate of drug-likeness (QED) is 0.795. The summed E-state index contributed by atoms with van der Waals surface area (Å²) in [7, 11) is 0. The number of carboxylic acids is 1. The minimum Gasteiger partial charge on any atom is -0.481 e. The molecule has 1 aromatic rings. The molecule has 1 aliphatic carbocycles. The van der Waals surface area contributed by atoms with Crippen molar-refractivity contribution in [2.75, 3.05) is 0 Å². The largest absolute Gasteiger partial charge is 0.481 e. The Morgan fingerprint density at radius 2 is 2.14 bits per heavy atom. The second-order valence-electron chi connectivity index (χ2n) is 4.39. The molecule has 0 radical (unpaired) electrons. The molecular weight excluding hydrogens is 176 g/mol. The first-order valence-electron chi connectivity index (χ1n) is 4.88. The molecular formula is C12H14O2. The predicted molar refractivity (Wildman–Crippen MR) is 54.2 cm³/mol. The second-order valence-corrected chi connectivity index (χ2v) is 4.39. The van der Waals surface area contributed by atoms with Crippen molar-refractivity contribution in [2.24, 2.45) is 5.41 Å². The van der Waals surface area contributed by atoms with Crippen molar-refractivity contribution in [2.45, 2.75) is 25.7 Å². The first-order valence-corrected chi connectivity index (χ1v) is 4.88. The maximum atomic E-state index is 10.6. The van der Waals surface area contributed by atoms with Crippen LogP contribution < -0.4 is 0 Å². The van der Waals surface area contributed by atoms with Crippen molar-refractivity contribution < 1.29 is 9.90 Å². The van der Waals surface area contributed by atoms with E-state index < -0.39 is 5.97 Å². The summed E-state index contributed by atoms with van der Waals surface area (Å²) in [5, 5.41) is 8.75. The van der Waals surface area contributed by atoms with E-state index >= 15 is 0 Å². The van der Waals surface area contributed by atoms with Crippen LogP contribution in [0, 0.1) is 5.41 Å². The zero-order chi connectivity index (χ0) is 10.2. The van der Waals surface area contributed by atoms with Gasteiger partial charge in [-0.2, -0.15) is 0 Å². The fourth-order valence-electron chi connectivity index (χ4n) is 2.15. The van der Waals surface area contributed by atoms with Gasteiger partial charge in [-0.05, 0) is 23.3 Å². The van der Waals surface area contributed by atoms with Crippen LogP contribution >= 0.6 is 0 Å². The van der Waals surface area contributed by atoms with Gasteiger partial charge in [-0.3, -0.25) is 4.79 Å². The molecule has 0 aliphatic heterocycles. The third kappa shape index (κ3) is 1.65. The van der Waals surface area contributed by atoms with Crippen molar-refractivity contribution in [3.05, 3.63) is 35.9 Å². The Morgan fingerprint density at radius 3 is 2.71 bits per heavy atom. The Morgan fingerprint density at radius 1 is 1.50 bits per heavy atom. The number of benzene rings is 1. The Bertz CT molecular complexity index is 345. The maximum Gasteiger partial charge on any atom is 0.303 e. The average Bonchev–Trinajstić information content (AvgIpc) is 2.77. The molecule has 0 amide bonds. The van der Waals surface area contributed by atoms with Gasteiger partial charge in [0.2, 0.25) is 0 Å². The van der Waals surface area contributed by atoms with E-state index in [1.807, 2.05) is 18.2 Å². The van der Waals surface area contributed by atoms with Crippen LogP contribution in [0.5, 0.6) is 0 Å². The molecule has 1 aliphatic rings. The third-order valence-corrected chi connectivity index (χ3v) is 3.11. The summed E-state index contributed by atoms with van der Waals surface area (Å²) < 4.78 is 0. The highest BCUT2D eigenvalue weighted by Gasteiger charge is 2.51. The van der Waals surface area contributed by atoms with Crippen LogP contribution in [-0.2, 0) is 4.79 Å². The van der Waals surface area contributed by atoms with Gasteiger partial charge in [-0.1, -0.05) is 37.3 Å². The van der Waals surface area contributed by atoms with Crippen molar-refractivity contribution in [1.82, 2.24) is 0 Å². The molecule has 0 spiro atoms. The van der Waals surface area contributed by atoms with Gasteiger partial charge in [0, 0.05) is 0 Å². The van der Waals surface area contributed by atoms with Gasteiger partial charge in [0.1, 0.15) is 0 Å². The summed E-state index contributed by atoms with van der Waals surface area (Å²) in [6, 6.07) is 10.2. The maximum absolute atomic E-state index is 10.6. The highest BCUT2D eigenvalue weighted by atomic mass is 16.4. The van der Waals surface area contributed by atoms with Gasteiger partial charge in [0.15, 0.2) is 0 Å². The molecule has 2 atom stereocenters. The molecule has 2 rings (SSSR count). The monoisotopic (exact) mass is 190 g/mol. The van der Waals surface area contributed by atoms with E-state index in [-0.39, 0.29) is 11.8 Å². The lowest BCUT2D eigenvalue weighted by molar-refractivity contribution is -0.138. The lowest BCUT2D eigenvalue weighted by Gasteiger charge is -2.07. The second kappa shape index (κ2) is 3.12. The first-order chi connectivity index (χ1) is 6.62. The van der Waals surface area contributed by atoms with Gasteiger partial charge in [0.05, 0.1) is 6.42 Å². The Labute approximate surface area is 83.6 Å². The number of hydrogen-bond donors (Lipinski definition) is 1. The zero-order valence-electron chi connectivity index (χ0n) is 8.23. The molecule has 0 saturated heterocycles. The van der Waals surface area contributed by atoms with Crippen LogP contribution in [0.1, 0.15) is 31.2 Å². The van der Waals surface area contributed by atoms with Gasteiger partial charge >= 0.3 is 5.97 Å². The number of hydrogen-bond acceptors (Lipinski definition) is 1. The first kappa shape index (κ1) is 9.25. The van der Waals surface area contributed by atoms with E-state index in [1.54, 1.807) is 0 Å². The molecule has 74 valence electrons. The van der Waals surface area contributed by atoms with Crippen LogP contribution in [0.15, 0.2) is 30.3 Å². The number of rotatable bonds is 3. The molecule has 1 N–H and O–H groups in total. The Hall–Kier alpha value is -1.31. The van der Waals surface area contributed by atoms with Crippen LogP contribution in [-0.4, -0.2) is 11.1 Å². The molecule has 1 aromatic carbocycles. The molecule has 1 saturated carbocycles. The molecule has 0 bridgehead atoms. The zero-order valence-corrected chi connectivity index (χ0v) is 8.23. The van der Waals surface area contributed by atoms with Crippen molar-refractivity contribution in [3.63, 3.8) is 0 Å². The van der Waals surface area contributed by atoms with Crippen molar-refractivity contribution in [1.29, 1.82) is 0 Å². The fraction of sp³-hybridized carbons (Fsp3) is 0.417. The average molecular weight is 190 g/mol. The topological polar surface area (TPSA) is 37.3 Å². The summed E-state index contributed by atoms with van der Waals surface area (Å²) in [4.78, 5) is 10.6. The van der Waals surface area contributed by atoms with E-state index in [0.29, 0.717) is 5.92 Å². The summed E-state index contributed by atoms with van der Waals surface area (Å²) in [5.74, 6) is -0.245. The number of carboxylic acid groups (broad SMARTS) is 1. The molecule has 2 nitrogen and oxygen atoms in total. The highest BCUT2D eigenvalue weighted by molar-refractivity contribution is 5.68. The van der Waals surface area contributed by atoms with Crippen LogP contribution in [0.3, 0.4) is 0 Å². The van der Waals surface area contributed by atoms with Gasteiger partial charge < -0.3 is 5.11 Å². The van der Waals surface area contributed by atoms with Crippen LogP contribution in [0.4, 0.5) is 0 Å². The van der Waals surface area contributed by atoms with Gasteiger partial charge in [-0.15, -0.1) is 0 Å². The SMILES string of the molecule is CC1(CC(=O)O)CC1c1ccccc1. The Kier molecular flexibility index (Phi) is 2.06. The number of aliphatic carboxylic acids is 1. The predicted octanol–water partition coefficient (Wildman–Crippen LogP) is 2.65. The molecule has 2 unspecified atom stereocenters. The molecule has 0 aromatic heterocycles. The standard InChI is InChI=1S/C12H14O2/c1-12(8-11(13)14)7-10(12)9-5-3-2-4-6-9/h2-6,10H,7-8H2,1H3,(H,13,14). The molecule has 14 heavy (non-hydrogen) atoms. The Balaban J connectivity index is 2.08. The smallest absolute Gasteiger partial charge is 0.303 e. The third-order valence-electron chi connectivity index (χ3n) is 3.11. The van der Waals surface area contributed by atoms with E-state index in [2.05, 4.69) is 19.1 Å². The van der Waals surface area contributed by atoms with Crippen molar-refractivity contribution in [3.8, 4) is 0 Å². The summed E-state index contributed by atoms with van der Waals surface area (Å²) in [6.45, 7) is 2.05. The van der Waals surface area contributed by atoms with Crippen LogP contribution in [0.2, 0.25) is 0 Å². The van der Waals surface area contributed by atoms with Crippen molar-refractivity contribution >= 4 is 5.97 Å². The normalized spacial score (nSPS) is 29.9. The molecule has 0 heterocycles. The summed E-state index contributed by atoms with van der Waals surface area (Å²) in [5.41, 5.74) is 1.27. The van der Waals surface area contributed by atoms with E-state index in [4.69, 9.17) is 5.11 Å². The summed E-state index contributed by atoms with van der Waals surface area (Å²) >= 11 is 0. The highest BCUT2D eigenvalue weighted by Crippen LogP contribution is 2.61. The lowest BCUT2D eigenvalue weighted by Crippen LogP contribution is -2.06. The van der Waals surface area contributed by atoms with E-state index in [9.17, 15) is 4.79 Å². The van der Waals surface area contributed by atoms with E-state index in [1.165, 1.54) is 5.56 Å².